The van der Waals surface area contributed by atoms with Crippen molar-refractivity contribution in [1.29, 1.82) is 0 Å². The summed E-state index contributed by atoms with van der Waals surface area (Å²) in [5, 5.41) is 3.35. The lowest BCUT2D eigenvalue weighted by atomic mass is 10.3. The second-order valence-electron chi connectivity index (χ2n) is 3.35. The van der Waals surface area contributed by atoms with E-state index < -0.39 is 0 Å². The Kier molecular flexibility index (Phi) is 1.84. The SMILES string of the molecule is Nc1cc(=O)n(-c2nc3ccccc3s2)[nH]1. The normalized spacial score (nSPS) is 11.0. The smallest absolute Gasteiger partial charge is 0.275 e. The van der Waals surface area contributed by atoms with Gasteiger partial charge in [0.05, 0.1) is 10.2 Å². The maximum Gasteiger partial charge on any atom is 0.275 e. The molecule has 3 rings (SSSR count). The van der Waals surface area contributed by atoms with Crippen molar-refractivity contribution >= 4 is 27.4 Å². The standard InChI is InChI=1S/C10H8N4OS/c11-8-5-9(15)14(13-8)10-12-6-3-1-2-4-7(6)16-10/h1-5,13H,11H2. The van der Waals surface area contributed by atoms with E-state index in [1.807, 2.05) is 24.3 Å². The Hall–Kier alpha value is -2.08. The molecule has 16 heavy (non-hydrogen) atoms. The first-order valence-corrected chi connectivity index (χ1v) is 5.49. The summed E-state index contributed by atoms with van der Waals surface area (Å²) in [6.45, 7) is 0. The fourth-order valence-corrected chi connectivity index (χ4v) is 2.44. The predicted octanol–water partition coefficient (Wildman–Crippen LogP) is 1.36. The number of nitrogen functional groups attached to an aromatic ring is 1. The van der Waals surface area contributed by atoms with E-state index in [1.165, 1.54) is 22.1 Å². The van der Waals surface area contributed by atoms with Crippen LogP contribution < -0.4 is 11.3 Å². The van der Waals surface area contributed by atoms with E-state index in [2.05, 4.69) is 10.1 Å². The van der Waals surface area contributed by atoms with Crippen molar-refractivity contribution in [3.63, 3.8) is 0 Å². The zero-order chi connectivity index (χ0) is 11.1. The first-order chi connectivity index (χ1) is 7.74. The van der Waals surface area contributed by atoms with Crippen LogP contribution in [-0.4, -0.2) is 14.8 Å². The van der Waals surface area contributed by atoms with Crippen LogP contribution in [0.2, 0.25) is 0 Å². The van der Waals surface area contributed by atoms with E-state index in [4.69, 9.17) is 5.73 Å². The molecule has 0 saturated carbocycles. The molecule has 0 spiro atoms. The Morgan fingerprint density at radius 3 is 2.88 bits per heavy atom. The maximum absolute atomic E-state index is 11.5. The number of para-hydroxylation sites is 1. The second kappa shape index (κ2) is 3.21. The van der Waals surface area contributed by atoms with Gasteiger partial charge in [-0.1, -0.05) is 23.5 Å². The molecule has 0 bridgehead atoms. The molecule has 0 aliphatic heterocycles. The van der Waals surface area contributed by atoms with E-state index >= 15 is 0 Å². The number of aromatic nitrogens is 3. The summed E-state index contributed by atoms with van der Waals surface area (Å²) in [7, 11) is 0. The predicted molar refractivity (Wildman–Crippen MR) is 64.0 cm³/mol. The van der Waals surface area contributed by atoms with Crippen molar-refractivity contribution in [3.8, 4) is 5.13 Å². The van der Waals surface area contributed by atoms with Crippen LogP contribution in [0.25, 0.3) is 15.3 Å². The fourth-order valence-electron chi connectivity index (χ4n) is 1.51. The van der Waals surface area contributed by atoms with Gasteiger partial charge in [0.15, 0.2) is 0 Å². The number of thiazole rings is 1. The molecule has 0 aliphatic rings. The molecule has 0 aliphatic carbocycles. The number of aromatic amines is 1. The average Bonchev–Trinajstić information content (AvgIpc) is 2.81. The van der Waals surface area contributed by atoms with Gasteiger partial charge in [0.25, 0.3) is 5.56 Å². The highest BCUT2D eigenvalue weighted by Gasteiger charge is 2.08. The number of H-pyrrole nitrogens is 1. The molecule has 0 fully saturated rings. The number of hydrogen-bond donors (Lipinski definition) is 2. The summed E-state index contributed by atoms with van der Waals surface area (Å²) in [6.07, 6.45) is 0. The zero-order valence-corrected chi connectivity index (χ0v) is 8.99. The van der Waals surface area contributed by atoms with E-state index in [-0.39, 0.29) is 5.56 Å². The van der Waals surface area contributed by atoms with E-state index in [1.54, 1.807) is 0 Å². The number of benzene rings is 1. The summed E-state index contributed by atoms with van der Waals surface area (Å²) in [4.78, 5) is 15.9. The van der Waals surface area contributed by atoms with Gasteiger partial charge in [-0.15, -0.1) is 0 Å². The van der Waals surface area contributed by atoms with E-state index in [0.29, 0.717) is 10.9 Å². The molecule has 80 valence electrons. The number of fused-ring (bicyclic) bond motifs is 1. The van der Waals surface area contributed by atoms with Crippen LogP contribution in [0.1, 0.15) is 0 Å². The van der Waals surface area contributed by atoms with Crippen molar-refractivity contribution in [2.75, 3.05) is 5.73 Å². The molecule has 0 amide bonds. The van der Waals surface area contributed by atoms with Crippen LogP contribution in [0.3, 0.4) is 0 Å². The highest BCUT2D eigenvalue weighted by atomic mass is 32.1. The molecule has 0 atom stereocenters. The summed E-state index contributed by atoms with van der Waals surface area (Å²) in [5.41, 5.74) is 6.19. The van der Waals surface area contributed by atoms with E-state index in [9.17, 15) is 4.79 Å². The van der Waals surface area contributed by atoms with Gasteiger partial charge < -0.3 is 5.73 Å². The Morgan fingerprint density at radius 2 is 2.19 bits per heavy atom. The highest BCUT2D eigenvalue weighted by molar-refractivity contribution is 7.20. The number of anilines is 1. The molecule has 5 nitrogen and oxygen atoms in total. The quantitative estimate of drug-likeness (QED) is 0.665. The Balaban J connectivity index is 2.26. The molecule has 2 aromatic heterocycles. The Morgan fingerprint density at radius 1 is 1.38 bits per heavy atom. The number of nitrogens with one attached hydrogen (secondary N) is 1. The molecule has 6 heteroatoms. The van der Waals surface area contributed by atoms with Crippen LogP contribution >= 0.6 is 11.3 Å². The topological polar surface area (TPSA) is 76.7 Å². The summed E-state index contributed by atoms with van der Waals surface area (Å²) < 4.78 is 2.39. The lowest BCUT2D eigenvalue weighted by Crippen LogP contribution is -2.12. The fraction of sp³-hybridized carbons (Fsp3) is 0. The Bertz CT molecular complexity index is 676. The van der Waals surface area contributed by atoms with Crippen LogP contribution in [0.4, 0.5) is 5.82 Å². The summed E-state index contributed by atoms with van der Waals surface area (Å²) in [5.74, 6) is 0.337. The minimum absolute atomic E-state index is 0.198. The van der Waals surface area contributed by atoms with Crippen LogP contribution in [0.15, 0.2) is 35.1 Å². The maximum atomic E-state index is 11.5. The van der Waals surface area contributed by atoms with Crippen molar-refractivity contribution in [2.45, 2.75) is 0 Å². The molecule has 3 N–H and O–H groups in total. The minimum Gasteiger partial charge on any atom is -0.384 e. The second-order valence-corrected chi connectivity index (χ2v) is 4.36. The molecule has 0 radical (unpaired) electrons. The van der Waals surface area contributed by atoms with Gasteiger partial charge in [-0.2, -0.15) is 4.68 Å². The number of rotatable bonds is 1. The Labute approximate surface area is 94.1 Å². The van der Waals surface area contributed by atoms with E-state index in [0.717, 1.165) is 10.2 Å². The lowest BCUT2D eigenvalue weighted by molar-refractivity contribution is 0.847. The summed E-state index contributed by atoms with van der Waals surface area (Å²) in [6, 6.07) is 9.07. The van der Waals surface area contributed by atoms with Crippen molar-refractivity contribution < 1.29 is 0 Å². The van der Waals surface area contributed by atoms with Crippen molar-refractivity contribution in [3.05, 3.63) is 40.7 Å². The van der Waals surface area contributed by atoms with Crippen LogP contribution in [0, 0.1) is 0 Å². The van der Waals surface area contributed by atoms with Crippen LogP contribution in [-0.2, 0) is 0 Å². The molecule has 3 aromatic rings. The third-order valence-electron chi connectivity index (χ3n) is 2.21. The van der Waals surface area contributed by atoms with Gasteiger partial charge in [0.2, 0.25) is 5.13 Å². The largest absolute Gasteiger partial charge is 0.384 e. The monoisotopic (exact) mass is 232 g/mol. The molecule has 2 heterocycles. The molecular formula is C10H8N4OS. The zero-order valence-electron chi connectivity index (χ0n) is 8.18. The van der Waals surface area contributed by atoms with Gasteiger partial charge in [0.1, 0.15) is 5.82 Å². The lowest BCUT2D eigenvalue weighted by Gasteiger charge is -1.92. The average molecular weight is 232 g/mol. The third-order valence-corrected chi connectivity index (χ3v) is 3.24. The third kappa shape index (κ3) is 1.31. The van der Waals surface area contributed by atoms with Crippen molar-refractivity contribution in [1.82, 2.24) is 14.8 Å². The van der Waals surface area contributed by atoms with Gasteiger partial charge in [-0.25, -0.2) is 4.98 Å². The van der Waals surface area contributed by atoms with Gasteiger partial charge in [-0.05, 0) is 12.1 Å². The van der Waals surface area contributed by atoms with Gasteiger partial charge in [0, 0.05) is 6.07 Å². The highest BCUT2D eigenvalue weighted by Crippen LogP contribution is 2.23. The first kappa shape index (κ1) is 9.17. The van der Waals surface area contributed by atoms with Gasteiger partial charge >= 0.3 is 0 Å². The number of nitrogens with two attached hydrogens (primary N) is 1. The van der Waals surface area contributed by atoms with Crippen LogP contribution in [0.5, 0.6) is 0 Å². The molecule has 1 aromatic carbocycles. The number of hydrogen-bond acceptors (Lipinski definition) is 4. The molecule has 0 unspecified atom stereocenters. The minimum atomic E-state index is -0.198. The van der Waals surface area contributed by atoms with Crippen molar-refractivity contribution in [2.24, 2.45) is 0 Å². The first-order valence-electron chi connectivity index (χ1n) is 4.67. The van der Waals surface area contributed by atoms with Gasteiger partial charge in [-0.3, -0.25) is 9.89 Å². The molecule has 0 saturated heterocycles. The summed E-state index contributed by atoms with van der Waals surface area (Å²) >= 11 is 1.44. The number of nitrogens with zero attached hydrogens (tertiary/aromatic N) is 2. The molecular weight excluding hydrogens is 224 g/mol.